The summed E-state index contributed by atoms with van der Waals surface area (Å²) in [5.41, 5.74) is 1.37. The first-order chi connectivity index (χ1) is 10.1. The number of hydrogen-bond acceptors (Lipinski definition) is 3. The molecule has 1 saturated carbocycles. The molecule has 0 saturated heterocycles. The fourth-order valence-corrected chi connectivity index (χ4v) is 3.63. The smallest absolute Gasteiger partial charge is 0.182 e. The molecule has 1 aliphatic rings. The third kappa shape index (κ3) is 3.22. The minimum absolute atomic E-state index is 0.0240. The molecule has 0 bridgehead atoms. The summed E-state index contributed by atoms with van der Waals surface area (Å²) in [6.07, 6.45) is 1.90. The Hall–Kier alpha value is -1.94. The molecule has 0 amide bonds. The first-order valence-electron chi connectivity index (χ1n) is 6.97. The topological polar surface area (TPSA) is 51.2 Å². The number of Topliss-reactive ketones (excluding diaryl/α,β-unsaturated/α-hetero) is 1. The van der Waals surface area contributed by atoms with Crippen LogP contribution in [0, 0.1) is 5.92 Å². The van der Waals surface area contributed by atoms with Crippen LogP contribution in [0.2, 0.25) is 0 Å². The van der Waals surface area contributed by atoms with Crippen LogP contribution in [-0.2, 0) is 15.6 Å². The standard InChI is InChI=1S/C17H16O3S/c18-17(14-6-7-14)15-8-10-16(11-9-15)21(19,20)12-13-4-2-1-3-5-13/h1-5,8-11,14H,6-7,12H2. The van der Waals surface area contributed by atoms with E-state index in [0.717, 1.165) is 18.4 Å². The number of rotatable bonds is 5. The van der Waals surface area contributed by atoms with E-state index in [1.807, 2.05) is 18.2 Å². The van der Waals surface area contributed by atoms with Gasteiger partial charge in [0.1, 0.15) is 0 Å². The molecule has 3 nitrogen and oxygen atoms in total. The lowest BCUT2D eigenvalue weighted by Gasteiger charge is -2.06. The number of carbonyl (C=O) groups excluding carboxylic acids is 1. The molecule has 0 aliphatic heterocycles. The predicted molar refractivity (Wildman–Crippen MR) is 80.8 cm³/mol. The second-order valence-electron chi connectivity index (χ2n) is 5.41. The minimum atomic E-state index is -3.37. The lowest BCUT2D eigenvalue weighted by atomic mass is 10.1. The highest BCUT2D eigenvalue weighted by Gasteiger charge is 2.30. The van der Waals surface area contributed by atoms with E-state index in [4.69, 9.17) is 0 Å². The Kier molecular flexibility index (Phi) is 3.64. The lowest BCUT2D eigenvalue weighted by Crippen LogP contribution is -2.06. The molecule has 2 aromatic carbocycles. The predicted octanol–water partition coefficient (Wildman–Crippen LogP) is 3.25. The molecule has 0 N–H and O–H groups in total. The average Bonchev–Trinajstić information content (AvgIpc) is 3.32. The van der Waals surface area contributed by atoms with Crippen molar-refractivity contribution in [2.24, 2.45) is 5.92 Å². The zero-order valence-corrected chi connectivity index (χ0v) is 12.3. The maximum Gasteiger partial charge on any atom is 0.182 e. The van der Waals surface area contributed by atoms with Crippen LogP contribution in [0.4, 0.5) is 0 Å². The van der Waals surface area contributed by atoms with Crippen molar-refractivity contribution in [1.82, 2.24) is 0 Å². The molecule has 4 heteroatoms. The van der Waals surface area contributed by atoms with Gasteiger partial charge in [-0.25, -0.2) is 8.42 Å². The van der Waals surface area contributed by atoms with E-state index in [0.29, 0.717) is 5.56 Å². The fraction of sp³-hybridized carbons (Fsp3) is 0.235. The third-order valence-corrected chi connectivity index (χ3v) is 5.35. The van der Waals surface area contributed by atoms with Gasteiger partial charge in [-0.3, -0.25) is 4.79 Å². The van der Waals surface area contributed by atoms with Crippen molar-refractivity contribution < 1.29 is 13.2 Å². The van der Waals surface area contributed by atoms with Crippen LogP contribution in [0.15, 0.2) is 59.5 Å². The Bertz CT molecular complexity index is 742. The molecule has 3 rings (SSSR count). The largest absolute Gasteiger partial charge is 0.294 e. The van der Waals surface area contributed by atoms with Crippen LogP contribution in [-0.4, -0.2) is 14.2 Å². The number of hydrogen-bond donors (Lipinski definition) is 0. The van der Waals surface area contributed by atoms with Crippen LogP contribution in [0.3, 0.4) is 0 Å². The van der Waals surface area contributed by atoms with Gasteiger partial charge in [0.05, 0.1) is 10.6 Å². The summed E-state index contributed by atoms with van der Waals surface area (Å²) in [5.74, 6) is 0.253. The first kappa shape index (κ1) is 14.0. The molecule has 0 aromatic heterocycles. The van der Waals surface area contributed by atoms with Gasteiger partial charge in [-0.1, -0.05) is 42.5 Å². The second-order valence-corrected chi connectivity index (χ2v) is 7.40. The van der Waals surface area contributed by atoms with Crippen molar-refractivity contribution in [2.45, 2.75) is 23.5 Å². The highest BCUT2D eigenvalue weighted by molar-refractivity contribution is 7.90. The molecule has 1 aliphatic carbocycles. The molecule has 1 fully saturated rings. The van der Waals surface area contributed by atoms with Gasteiger partial charge in [-0.2, -0.15) is 0 Å². The van der Waals surface area contributed by atoms with E-state index >= 15 is 0 Å². The number of sulfone groups is 1. The average molecular weight is 300 g/mol. The van der Waals surface area contributed by atoms with E-state index in [-0.39, 0.29) is 22.3 Å². The summed E-state index contributed by atoms with van der Waals surface area (Å²) in [6.45, 7) is 0. The van der Waals surface area contributed by atoms with Crippen molar-refractivity contribution in [3.05, 3.63) is 65.7 Å². The van der Waals surface area contributed by atoms with E-state index < -0.39 is 9.84 Å². The molecule has 0 spiro atoms. The summed E-state index contributed by atoms with van der Waals surface area (Å²) >= 11 is 0. The van der Waals surface area contributed by atoms with Gasteiger partial charge in [0.2, 0.25) is 0 Å². The molecular formula is C17H16O3S. The Morgan fingerprint density at radius 1 is 0.952 bits per heavy atom. The number of carbonyl (C=O) groups is 1. The molecule has 21 heavy (non-hydrogen) atoms. The monoisotopic (exact) mass is 300 g/mol. The van der Waals surface area contributed by atoms with Crippen molar-refractivity contribution >= 4 is 15.6 Å². The van der Waals surface area contributed by atoms with E-state index in [9.17, 15) is 13.2 Å². The maximum absolute atomic E-state index is 12.3. The quantitative estimate of drug-likeness (QED) is 0.796. The highest BCUT2D eigenvalue weighted by Crippen LogP contribution is 2.32. The van der Waals surface area contributed by atoms with Crippen LogP contribution in [0.1, 0.15) is 28.8 Å². The summed E-state index contributed by atoms with van der Waals surface area (Å²) in [4.78, 5) is 12.2. The highest BCUT2D eigenvalue weighted by atomic mass is 32.2. The van der Waals surface area contributed by atoms with Gasteiger partial charge < -0.3 is 0 Å². The van der Waals surface area contributed by atoms with Crippen LogP contribution < -0.4 is 0 Å². The van der Waals surface area contributed by atoms with Crippen LogP contribution in [0.5, 0.6) is 0 Å². The van der Waals surface area contributed by atoms with Gasteiger partial charge in [0.15, 0.2) is 15.6 Å². The molecule has 0 atom stereocenters. The normalized spacial score (nSPS) is 14.9. The third-order valence-electron chi connectivity index (χ3n) is 3.65. The maximum atomic E-state index is 12.3. The molecule has 108 valence electrons. The molecule has 2 aromatic rings. The first-order valence-corrected chi connectivity index (χ1v) is 8.62. The minimum Gasteiger partial charge on any atom is -0.294 e. The molecule has 0 radical (unpaired) electrons. The number of ketones is 1. The zero-order valence-electron chi connectivity index (χ0n) is 11.5. The van der Waals surface area contributed by atoms with Crippen LogP contribution in [0.25, 0.3) is 0 Å². The molecule has 0 unspecified atom stereocenters. The summed E-state index contributed by atoms with van der Waals surface area (Å²) in [7, 11) is -3.37. The van der Waals surface area contributed by atoms with Crippen molar-refractivity contribution in [3.8, 4) is 0 Å². The fourth-order valence-electron chi connectivity index (χ4n) is 2.28. The SMILES string of the molecule is O=C(c1ccc(S(=O)(=O)Cc2ccccc2)cc1)C1CC1. The van der Waals surface area contributed by atoms with Gasteiger partial charge in [0.25, 0.3) is 0 Å². The lowest BCUT2D eigenvalue weighted by molar-refractivity contribution is 0.0967. The van der Waals surface area contributed by atoms with Crippen LogP contribution >= 0.6 is 0 Å². The summed E-state index contributed by atoms with van der Waals surface area (Å²) in [6, 6.07) is 15.4. The van der Waals surface area contributed by atoms with Gasteiger partial charge in [-0.15, -0.1) is 0 Å². The summed E-state index contributed by atoms with van der Waals surface area (Å²) in [5, 5.41) is 0. The van der Waals surface area contributed by atoms with E-state index in [1.54, 1.807) is 24.3 Å². The Morgan fingerprint density at radius 2 is 1.57 bits per heavy atom. The Morgan fingerprint density at radius 3 is 2.14 bits per heavy atom. The second kappa shape index (κ2) is 5.45. The van der Waals surface area contributed by atoms with Crippen molar-refractivity contribution in [1.29, 1.82) is 0 Å². The Balaban J connectivity index is 1.80. The van der Waals surface area contributed by atoms with E-state index in [2.05, 4.69) is 0 Å². The number of benzene rings is 2. The summed E-state index contributed by atoms with van der Waals surface area (Å²) < 4.78 is 24.7. The molecular weight excluding hydrogens is 284 g/mol. The van der Waals surface area contributed by atoms with Gasteiger partial charge >= 0.3 is 0 Å². The van der Waals surface area contributed by atoms with Gasteiger partial charge in [0, 0.05) is 11.5 Å². The van der Waals surface area contributed by atoms with E-state index in [1.165, 1.54) is 12.1 Å². The van der Waals surface area contributed by atoms with Crippen molar-refractivity contribution in [2.75, 3.05) is 0 Å². The van der Waals surface area contributed by atoms with Crippen molar-refractivity contribution in [3.63, 3.8) is 0 Å². The Labute approximate surface area is 124 Å². The molecule has 0 heterocycles. The van der Waals surface area contributed by atoms with Gasteiger partial charge in [-0.05, 0) is 30.5 Å². The zero-order chi connectivity index (χ0) is 14.9.